The van der Waals surface area contributed by atoms with Crippen LogP contribution in [-0.4, -0.2) is 16.3 Å². The lowest BCUT2D eigenvalue weighted by Gasteiger charge is -2.04. The van der Waals surface area contributed by atoms with Crippen molar-refractivity contribution < 1.29 is 4.79 Å². The van der Waals surface area contributed by atoms with Crippen LogP contribution in [0.3, 0.4) is 0 Å². The van der Waals surface area contributed by atoms with E-state index in [-0.39, 0.29) is 5.92 Å². The van der Waals surface area contributed by atoms with Crippen LogP contribution in [0, 0.1) is 0 Å². The van der Waals surface area contributed by atoms with Crippen molar-refractivity contribution in [1.29, 1.82) is 0 Å². The molecule has 0 bridgehead atoms. The summed E-state index contributed by atoms with van der Waals surface area (Å²) in [5.41, 5.74) is 1.40. The Labute approximate surface area is 65.5 Å². The minimum atomic E-state index is 0.276. The van der Waals surface area contributed by atoms with Crippen molar-refractivity contribution in [2.45, 2.75) is 19.8 Å². The van der Waals surface area contributed by atoms with Gasteiger partial charge in [-0.3, -0.25) is 4.79 Å². The molecule has 58 valence electrons. The van der Waals surface area contributed by atoms with Gasteiger partial charge in [-0.15, -0.1) is 0 Å². The van der Waals surface area contributed by atoms with Crippen LogP contribution in [0.2, 0.25) is 0 Å². The fourth-order valence-corrected chi connectivity index (χ4v) is 0.923. The lowest BCUT2D eigenvalue weighted by atomic mass is 10.1. The number of carbonyl (C=O) groups is 1. The average Bonchev–Trinajstić information content (AvgIpc) is 2.04. The van der Waals surface area contributed by atoms with Gasteiger partial charge in [0.2, 0.25) is 0 Å². The zero-order valence-electron chi connectivity index (χ0n) is 6.61. The van der Waals surface area contributed by atoms with Gasteiger partial charge in [-0.1, -0.05) is 13.8 Å². The van der Waals surface area contributed by atoms with E-state index in [4.69, 9.17) is 0 Å². The fraction of sp³-hybridized carbons (Fsp3) is 0.375. The number of rotatable bonds is 2. The molecule has 1 aromatic heterocycles. The molecule has 0 unspecified atom stereocenters. The lowest BCUT2D eigenvalue weighted by molar-refractivity contribution is 0.112. The highest BCUT2D eigenvalue weighted by atomic mass is 16.1. The molecule has 0 radical (unpaired) electrons. The quantitative estimate of drug-likeness (QED) is 0.598. The molecule has 0 saturated carbocycles. The zero-order chi connectivity index (χ0) is 8.27. The van der Waals surface area contributed by atoms with Gasteiger partial charge in [0.15, 0.2) is 6.29 Å². The number of nitrogens with zero attached hydrogens (tertiary/aromatic N) is 2. The Kier molecular flexibility index (Phi) is 2.31. The third-order valence-electron chi connectivity index (χ3n) is 1.45. The summed E-state index contributed by atoms with van der Waals surface area (Å²) in [6.07, 6.45) is 3.78. The third kappa shape index (κ3) is 1.61. The fourth-order valence-electron chi connectivity index (χ4n) is 0.923. The van der Waals surface area contributed by atoms with Crippen LogP contribution in [-0.2, 0) is 0 Å². The Morgan fingerprint density at radius 3 is 2.73 bits per heavy atom. The monoisotopic (exact) mass is 150 g/mol. The Morgan fingerprint density at radius 2 is 2.27 bits per heavy atom. The van der Waals surface area contributed by atoms with E-state index in [1.807, 2.05) is 13.8 Å². The first-order valence-electron chi connectivity index (χ1n) is 3.50. The number of hydrogen-bond donors (Lipinski definition) is 0. The SMILES string of the molecule is CC(C)c1ncncc1C=O. The first-order valence-corrected chi connectivity index (χ1v) is 3.50. The Hall–Kier alpha value is -1.25. The van der Waals surface area contributed by atoms with Gasteiger partial charge in [-0.25, -0.2) is 9.97 Å². The van der Waals surface area contributed by atoms with Crippen LogP contribution in [0.4, 0.5) is 0 Å². The predicted molar refractivity (Wildman–Crippen MR) is 41.5 cm³/mol. The average molecular weight is 150 g/mol. The number of hydrogen-bond acceptors (Lipinski definition) is 3. The van der Waals surface area contributed by atoms with Gasteiger partial charge < -0.3 is 0 Å². The van der Waals surface area contributed by atoms with Crippen LogP contribution in [0.25, 0.3) is 0 Å². The van der Waals surface area contributed by atoms with E-state index in [2.05, 4.69) is 9.97 Å². The molecule has 3 nitrogen and oxygen atoms in total. The van der Waals surface area contributed by atoms with Crippen LogP contribution >= 0.6 is 0 Å². The second kappa shape index (κ2) is 3.23. The molecule has 0 aliphatic heterocycles. The molecule has 0 atom stereocenters. The van der Waals surface area contributed by atoms with Gasteiger partial charge in [0.25, 0.3) is 0 Å². The van der Waals surface area contributed by atoms with Crippen molar-refractivity contribution in [3.05, 3.63) is 23.8 Å². The predicted octanol–water partition coefficient (Wildman–Crippen LogP) is 1.41. The summed E-state index contributed by atoms with van der Waals surface area (Å²) in [6, 6.07) is 0. The van der Waals surface area contributed by atoms with E-state index in [0.717, 1.165) is 12.0 Å². The zero-order valence-corrected chi connectivity index (χ0v) is 6.61. The van der Waals surface area contributed by atoms with Gasteiger partial charge in [0.05, 0.1) is 11.3 Å². The maximum Gasteiger partial charge on any atom is 0.153 e. The first-order chi connectivity index (χ1) is 5.25. The summed E-state index contributed by atoms with van der Waals surface area (Å²) >= 11 is 0. The molecule has 0 spiro atoms. The van der Waals surface area contributed by atoms with Gasteiger partial charge in [-0.2, -0.15) is 0 Å². The van der Waals surface area contributed by atoms with E-state index in [9.17, 15) is 4.79 Å². The van der Waals surface area contributed by atoms with Crippen LogP contribution in [0.15, 0.2) is 12.5 Å². The third-order valence-corrected chi connectivity index (χ3v) is 1.45. The molecule has 11 heavy (non-hydrogen) atoms. The lowest BCUT2D eigenvalue weighted by Crippen LogP contribution is -1.99. The molecular weight excluding hydrogens is 140 g/mol. The molecule has 1 rings (SSSR count). The summed E-state index contributed by atoms with van der Waals surface area (Å²) in [6.45, 7) is 3.99. The van der Waals surface area contributed by atoms with Gasteiger partial charge in [0, 0.05) is 6.20 Å². The maximum atomic E-state index is 10.5. The van der Waals surface area contributed by atoms with Crippen molar-refractivity contribution >= 4 is 6.29 Å². The van der Waals surface area contributed by atoms with Crippen molar-refractivity contribution in [1.82, 2.24) is 9.97 Å². The normalized spacial score (nSPS) is 10.1. The smallest absolute Gasteiger partial charge is 0.153 e. The largest absolute Gasteiger partial charge is 0.298 e. The summed E-state index contributed by atoms with van der Waals surface area (Å²) < 4.78 is 0. The van der Waals surface area contributed by atoms with Crippen molar-refractivity contribution in [3.8, 4) is 0 Å². The highest BCUT2D eigenvalue weighted by Gasteiger charge is 2.05. The van der Waals surface area contributed by atoms with Gasteiger partial charge >= 0.3 is 0 Å². The van der Waals surface area contributed by atoms with Gasteiger partial charge in [-0.05, 0) is 5.92 Å². The second-order valence-corrected chi connectivity index (χ2v) is 2.64. The maximum absolute atomic E-state index is 10.5. The van der Waals surface area contributed by atoms with E-state index in [0.29, 0.717) is 5.56 Å². The Morgan fingerprint density at radius 1 is 1.55 bits per heavy atom. The van der Waals surface area contributed by atoms with Crippen molar-refractivity contribution in [3.63, 3.8) is 0 Å². The van der Waals surface area contributed by atoms with E-state index >= 15 is 0 Å². The van der Waals surface area contributed by atoms with Crippen LogP contribution < -0.4 is 0 Å². The summed E-state index contributed by atoms with van der Waals surface area (Å²) in [5.74, 6) is 0.276. The standard InChI is InChI=1S/C8H10N2O/c1-6(2)8-7(4-11)3-9-5-10-8/h3-6H,1-2H3. The second-order valence-electron chi connectivity index (χ2n) is 2.64. The molecule has 0 N–H and O–H groups in total. The summed E-state index contributed by atoms with van der Waals surface area (Å²) in [7, 11) is 0. The van der Waals surface area contributed by atoms with Crippen LogP contribution in [0.1, 0.15) is 35.8 Å². The molecule has 0 fully saturated rings. The highest BCUT2D eigenvalue weighted by Crippen LogP contribution is 2.12. The van der Waals surface area contributed by atoms with E-state index in [1.54, 1.807) is 0 Å². The minimum absolute atomic E-state index is 0.276. The highest BCUT2D eigenvalue weighted by molar-refractivity contribution is 5.75. The minimum Gasteiger partial charge on any atom is -0.298 e. The molecule has 0 amide bonds. The molecule has 0 saturated heterocycles. The molecule has 3 heteroatoms. The number of carbonyl (C=O) groups excluding carboxylic acids is 1. The molecule has 1 heterocycles. The van der Waals surface area contributed by atoms with Crippen molar-refractivity contribution in [2.24, 2.45) is 0 Å². The Balaban J connectivity index is 3.12. The van der Waals surface area contributed by atoms with Crippen molar-refractivity contribution in [2.75, 3.05) is 0 Å². The first kappa shape index (κ1) is 7.85. The van der Waals surface area contributed by atoms with Gasteiger partial charge in [0.1, 0.15) is 6.33 Å². The molecule has 0 aromatic carbocycles. The molecular formula is C8H10N2O. The molecule has 1 aromatic rings. The number of aromatic nitrogens is 2. The Bertz CT molecular complexity index is 258. The molecule has 0 aliphatic rings. The number of aldehydes is 1. The van der Waals surface area contributed by atoms with Crippen LogP contribution in [0.5, 0.6) is 0 Å². The van der Waals surface area contributed by atoms with E-state index < -0.39 is 0 Å². The summed E-state index contributed by atoms with van der Waals surface area (Å²) in [5, 5.41) is 0. The van der Waals surface area contributed by atoms with E-state index in [1.165, 1.54) is 12.5 Å². The topological polar surface area (TPSA) is 42.9 Å². The summed E-state index contributed by atoms with van der Waals surface area (Å²) in [4.78, 5) is 18.2. The molecule has 0 aliphatic carbocycles.